The topological polar surface area (TPSA) is 12.4 Å². The normalized spacial score (nSPS) is 29.6. The molecule has 0 spiro atoms. The second-order valence-corrected chi connectivity index (χ2v) is 3.86. The molecule has 0 aromatic heterocycles. The molecule has 3 atom stereocenters. The highest BCUT2D eigenvalue weighted by Crippen LogP contribution is 2.25. The molecule has 0 aliphatic heterocycles. The monoisotopic (exact) mass is 188 g/mol. The molecule has 1 aliphatic carbocycles. The quantitative estimate of drug-likeness (QED) is 0.642. The predicted molar refractivity (Wildman–Crippen MR) is 60.7 cm³/mol. The standard InChI is InChI=1S/C13H17N/c1-11(13-8-3-2-4-9-13)14-10-12-6-5-7-12/h2-4,8-12H,5-7H2,1H3/t11-/m1/s1/i6D/t6-,11-,12?. The van der Waals surface area contributed by atoms with Crippen LogP contribution in [0.3, 0.4) is 0 Å². The van der Waals surface area contributed by atoms with Gasteiger partial charge in [-0.3, -0.25) is 4.99 Å². The van der Waals surface area contributed by atoms with Crippen LogP contribution in [0.15, 0.2) is 35.3 Å². The van der Waals surface area contributed by atoms with Gasteiger partial charge in [-0.05, 0) is 31.2 Å². The van der Waals surface area contributed by atoms with Crippen molar-refractivity contribution in [2.24, 2.45) is 10.9 Å². The second-order valence-electron chi connectivity index (χ2n) is 3.86. The minimum absolute atomic E-state index is 0.0942. The Bertz CT molecular complexity index is 334. The molecule has 14 heavy (non-hydrogen) atoms. The Hall–Kier alpha value is -1.11. The highest BCUT2D eigenvalue weighted by atomic mass is 14.8. The lowest BCUT2D eigenvalue weighted by Gasteiger charge is -2.21. The van der Waals surface area contributed by atoms with Crippen LogP contribution in [0.2, 0.25) is 0 Å². The number of rotatable bonds is 3. The molecule has 1 aromatic rings. The average Bonchev–Trinajstić information content (AvgIpc) is 2.28. The van der Waals surface area contributed by atoms with Crippen molar-refractivity contribution in [3.05, 3.63) is 35.9 Å². The SMILES string of the molecule is [2H][C@@H]1CCC1C=N[C@H](C)c1ccccc1. The smallest absolute Gasteiger partial charge is 0.0717 e. The lowest BCUT2D eigenvalue weighted by atomic mass is 9.86. The van der Waals surface area contributed by atoms with Crippen molar-refractivity contribution in [2.45, 2.75) is 32.2 Å². The van der Waals surface area contributed by atoms with E-state index in [1.165, 1.54) is 5.56 Å². The first kappa shape index (κ1) is 8.22. The van der Waals surface area contributed by atoms with E-state index in [0.717, 1.165) is 12.8 Å². The van der Waals surface area contributed by atoms with Gasteiger partial charge in [0.1, 0.15) is 0 Å². The Kier molecular flexibility index (Phi) is 2.59. The molecule has 0 radical (unpaired) electrons. The highest BCUT2D eigenvalue weighted by Gasteiger charge is 2.14. The molecule has 0 bridgehead atoms. The van der Waals surface area contributed by atoms with Gasteiger partial charge in [-0.25, -0.2) is 0 Å². The molecule has 2 rings (SSSR count). The lowest BCUT2D eigenvalue weighted by Crippen LogP contribution is -2.12. The zero-order valence-electron chi connectivity index (χ0n) is 9.56. The highest BCUT2D eigenvalue weighted by molar-refractivity contribution is 5.62. The molecule has 0 heterocycles. The zero-order chi connectivity index (χ0) is 10.7. The summed E-state index contributed by atoms with van der Waals surface area (Å²) in [7, 11) is 0. The summed E-state index contributed by atoms with van der Waals surface area (Å²) in [6.07, 6.45) is 4.26. The Morgan fingerprint density at radius 1 is 1.50 bits per heavy atom. The molecule has 1 aromatic carbocycles. The maximum Gasteiger partial charge on any atom is 0.0717 e. The van der Waals surface area contributed by atoms with Gasteiger partial charge < -0.3 is 0 Å². The third-order valence-corrected chi connectivity index (χ3v) is 2.75. The van der Waals surface area contributed by atoms with Crippen LogP contribution in [0.4, 0.5) is 0 Å². The molecule has 1 heteroatoms. The fraction of sp³-hybridized carbons (Fsp3) is 0.462. The van der Waals surface area contributed by atoms with Gasteiger partial charge in [0.2, 0.25) is 0 Å². The van der Waals surface area contributed by atoms with Gasteiger partial charge in [0.15, 0.2) is 0 Å². The first-order chi connectivity index (χ1) is 7.27. The third-order valence-electron chi connectivity index (χ3n) is 2.75. The van der Waals surface area contributed by atoms with Crippen molar-refractivity contribution in [3.63, 3.8) is 0 Å². The van der Waals surface area contributed by atoms with Gasteiger partial charge in [-0.15, -0.1) is 0 Å². The van der Waals surface area contributed by atoms with Crippen LogP contribution in [0.5, 0.6) is 0 Å². The van der Waals surface area contributed by atoms with Crippen LogP contribution in [0.1, 0.15) is 39.1 Å². The maximum absolute atomic E-state index is 7.63. The Morgan fingerprint density at radius 3 is 2.86 bits per heavy atom. The van der Waals surface area contributed by atoms with E-state index in [-0.39, 0.29) is 12.4 Å². The summed E-state index contributed by atoms with van der Waals surface area (Å²) >= 11 is 0. The molecule has 74 valence electrons. The number of hydrogen-bond donors (Lipinski definition) is 0. The Labute approximate surface area is 87.3 Å². The predicted octanol–water partition coefficient (Wildman–Crippen LogP) is 3.62. The minimum atomic E-state index is 0.0942. The van der Waals surface area contributed by atoms with E-state index in [1.54, 1.807) is 0 Å². The molecule has 1 unspecified atom stereocenters. The second kappa shape index (κ2) is 4.41. The van der Waals surface area contributed by atoms with Crippen LogP contribution in [-0.4, -0.2) is 6.21 Å². The summed E-state index contributed by atoms with van der Waals surface area (Å²) in [5.74, 6) is 0.399. The van der Waals surface area contributed by atoms with Crippen molar-refractivity contribution in [3.8, 4) is 0 Å². The molecule has 0 saturated heterocycles. The molecular formula is C13H17N. The summed E-state index contributed by atoms with van der Waals surface area (Å²) in [6, 6.07) is 10.5. The van der Waals surface area contributed by atoms with Crippen LogP contribution in [-0.2, 0) is 0 Å². The summed E-state index contributed by atoms with van der Waals surface area (Å²) < 4.78 is 7.63. The van der Waals surface area contributed by atoms with Crippen LogP contribution < -0.4 is 0 Å². The van der Waals surface area contributed by atoms with E-state index >= 15 is 0 Å². The van der Waals surface area contributed by atoms with Gasteiger partial charge in [-0.1, -0.05) is 36.8 Å². The fourth-order valence-electron chi connectivity index (χ4n) is 1.55. The van der Waals surface area contributed by atoms with Crippen molar-refractivity contribution in [2.75, 3.05) is 0 Å². The van der Waals surface area contributed by atoms with E-state index < -0.39 is 0 Å². The maximum atomic E-state index is 7.63. The molecule has 1 saturated carbocycles. The molecular weight excluding hydrogens is 170 g/mol. The van der Waals surface area contributed by atoms with E-state index in [4.69, 9.17) is 1.37 Å². The molecule has 1 nitrogen and oxygen atoms in total. The van der Waals surface area contributed by atoms with Gasteiger partial charge in [0.05, 0.1) is 6.04 Å². The minimum Gasteiger partial charge on any atom is -0.289 e. The van der Waals surface area contributed by atoms with Crippen molar-refractivity contribution < 1.29 is 1.37 Å². The Balaban J connectivity index is 1.94. The van der Waals surface area contributed by atoms with Gasteiger partial charge in [-0.2, -0.15) is 0 Å². The van der Waals surface area contributed by atoms with Gasteiger partial charge in [0.25, 0.3) is 0 Å². The number of nitrogens with zero attached hydrogens (tertiary/aromatic N) is 1. The summed E-state index contributed by atoms with van der Waals surface area (Å²) in [6.45, 7) is 2.10. The van der Waals surface area contributed by atoms with Crippen LogP contribution >= 0.6 is 0 Å². The molecule has 1 aliphatic rings. The van der Waals surface area contributed by atoms with Gasteiger partial charge in [0, 0.05) is 7.59 Å². The van der Waals surface area contributed by atoms with E-state index in [1.807, 2.05) is 24.4 Å². The van der Waals surface area contributed by atoms with E-state index in [2.05, 4.69) is 24.0 Å². The summed E-state index contributed by atoms with van der Waals surface area (Å²) in [5.41, 5.74) is 1.25. The number of benzene rings is 1. The summed E-state index contributed by atoms with van der Waals surface area (Å²) in [4.78, 5) is 4.52. The first-order valence-corrected chi connectivity index (χ1v) is 5.28. The zero-order valence-corrected chi connectivity index (χ0v) is 8.56. The lowest BCUT2D eigenvalue weighted by molar-refractivity contribution is 0.419. The largest absolute Gasteiger partial charge is 0.289 e. The number of hydrogen-bond acceptors (Lipinski definition) is 1. The average molecular weight is 188 g/mol. The van der Waals surface area contributed by atoms with E-state index in [0.29, 0.717) is 5.92 Å². The molecule has 0 N–H and O–H groups in total. The van der Waals surface area contributed by atoms with Crippen molar-refractivity contribution in [1.29, 1.82) is 0 Å². The van der Waals surface area contributed by atoms with E-state index in [9.17, 15) is 0 Å². The van der Waals surface area contributed by atoms with Crippen molar-refractivity contribution >= 4 is 6.21 Å². The summed E-state index contributed by atoms with van der Waals surface area (Å²) in [5, 5.41) is 0. The number of aliphatic imine (C=N–C) groups is 1. The Morgan fingerprint density at radius 2 is 2.29 bits per heavy atom. The first-order valence-electron chi connectivity index (χ1n) is 5.85. The van der Waals surface area contributed by atoms with Crippen LogP contribution in [0.25, 0.3) is 0 Å². The molecule has 1 fully saturated rings. The third kappa shape index (κ3) is 2.22. The fourth-order valence-corrected chi connectivity index (χ4v) is 1.55. The molecule has 0 amide bonds. The van der Waals surface area contributed by atoms with Gasteiger partial charge >= 0.3 is 0 Å². The van der Waals surface area contributed by atoms with Crippen LogP contribution in [0, 0.1) is 5.92 Å². The van der Waals surface area contributed by atoms with Crippen molar-refractivity contribution in [1.82, 2.24) is 0 Å².